The summed E-state index contributed by atoms with van der Waals surface area (Å²) < 4.78 is 10.4. The van der Waals surface area contributed by atoms with E-state index in [4.69, 9.17) is 9.47 Å². The van der Waals surface area contributed by atoms with Crippen LogP contribution < -0.4 is 0 Å². The number of allylic oxidation sites excluding steroid dienone is 1. The lowest BCUT2D eigenvalue weighted by atomic mass is 9.71. The van der Waals surface area contributed by atoms with Gasteiger partial charge in [-0.3, -0.25) is 19.3 Å². The minimum atomic E-state index is -0.783. The van der Waals surface area contributed by atoms with E-state index in [2.05, 4.69) is 34.0 Å². The second-order valence-electron chi connectivity index (χ2n) is 12.0. The van der Waals surface area contributed by atoms with Crippen LogP contribution in [0.5, 0.6) is 0 Å². The van der Waals surface area contributed by atoms with E-state index in [0.717, 1.165) is 19.5 Å². The minimum absolute atomic E-state index is 0.0311. The number of rotatable bonds is 15. The molecule has 9 nitrogen and oxygen atoms in total. The lowest BCUT2D eigenvalue weighted by Gasteiger charge is -2.40. The molecule has 4 heterocycles. The number of nitrogens with zero attached hydrogens (tertiary/aromatic N) is 3. The first kappa shape index (κ1) is 32.5. The van der Waals surface area contributed by atoms with Gasteiger partial charge in [-0.05, 0) is 31.6 Å². The van der Waals surface area contributed by atoms with Crippen molar-refractivity contribution in [1.82, 2.24) is 14.7 Å². The highest BCUT2D eigenvalue weighted by Crippen LogP contribution is 2.68. The van der Waals surface area contributed by atoms with Crippen LogP contribution in [-0.4, -0.2) is 124 Å². The first-order valence-corrected chi connectivity index (χ1v) is 16.7. The van der Waals surface area contributed by atoms with Crippen LogP contribution in [0.15, 0.2) is 25.3 Å². The van der Waals surface area contributed by atoms with Gasteiger partial charge in [-0.2, -0.15) is 0 Å². The first-order chi connectivity index (χ1) is 19.7. The number of unbranched alkanes of at least 4 members (excludes halogenated alkanes) is 1. The zero-order valence-corrected chi connectivity index (χ0v) is 26.8. The van der Waals surface area contributed by atoms with Gasteiger partial charge < -0.3 is 24.4 Å². The highest BCUT2D eigenvalue weighted by atomic mass is 79.9. The van der Waals surface area contributed by atoms with Crippen LogP contribution in [0.1, 0.15) is 39.5 Å². The summed E-state index contributed by atoms with van der Waals surface area (Å²) in [6.45, 7) is 16.3. The Hall–Kier alpha value is -1.40. The standard InChI is InChI=1S/C30H46BrN3O6S/c1-5-7-8-14-40-29(38)23-24-27(36)34(21(19-35)17-20(3)4)26(30(24)18-22(31)25(23)41-30)28(37)33(9-6-2)11-10-32-12-15-39-16-13-32/h5-6,20-26,35H,1-2,7-19H2,3-4H3/t21-,22?,23+,24+,25+,26?,30?/m1/s1. The van der Waals surface area contributed by atoms with Crippen LogP contribution in [0.2, 0.25) is 0 Å². The number of thioether (sulfide) groups is 1. The molecule has 1 N–H and O–H groups in total. The first-order valence-electron chi connectivity index (χ1n) is 14.9. The van der Waals surface area contributed by atoms with Gasteiger partial charge in [0.2, 0.25) is 11.8 Å². The summed E-state index contributed by atoms with van der Waals surface area (Å²) in [5.41, 5.74) is 0. The molecule has 0 radical (unpaired) electrons. The number of likely N-dealkylation sites (tertiary alicyclic amines) is 1. The monoisotopic (exact) mass is 655 g/mol. The van der Waals surface area contributed by atoms with Crippen LogP contribution in [0.3, 0.4) is 0 Å². The van der Waals surface area contributed by atoms with E-state index in [0.29, 0.717) is 52.1 Å². The number of amides is 2. The smallest absolute Gasteiger partial charge is 0.310 e. The largest absolute Gasteiger partial charge is 0.465 e. The van der Waals surface area contributed by atoms with Gasteiger partial charge in [-0.15, -0.1) is 24.9 Å². The lowest BCUT2D eigenvalue weighted by molar-refractivity contribution is -0.154. The molecule has 0 saturated carbocycles. The number of carbonyl (C=O) groups is 3. The van der Waals surface area contributed by atoms with E-state index < -0.39 is 28.7 Å². The molecule has 4 rings (SSSR count). The van der Waals surface area contributed by atoms with E-state index in [1.807, 2.05) is 13.8 Å². The predicted molar refractivity (Wildman–Crippen MR) is 164 cm³/mol. The van der Waals surface area contributed by atoms with E-state index >= 15 is 0 Å². The van der Waals surface area contributed by atoms with Crippen molar-refractivity contribution in [1.29, 1.82) is 0 Å². The van der Waals surface area contributed by atoms with Crippen molar-refractivity contribution in [2.45, 2.75) is 66.4 Å². The van der Waals surface area contributed by atoms with Crippen LogP contribution in [0.4, 0.5) is 0 Å². The van der Waals surface area contributed by atoms with Crippen molar-refractivity contribution in [2.75, 3.05) is 59.2 Å². The maximum Gasteiger partial charge on any atom is 0.310 e. The molecule has 4 aliphatic rings. The highest BCUT2D eigenvalue weighted by molar-refractivity contribution is 9.09. The summed E-state index contributed by atoms with van der Waals surface area (Å²) in [4.78, 5) is 48.3. The van der Waals surface area contributed by atoms with Gasteiger partial charge in [0, 0.05) is 42.8 Å². The number of hydrogen-bond donors (Lipinski definition) is 1. The van der Waals surface area contributed by atoms with E-state index in [1.54, 1.807) is 33.7 Å². The fourth-order valence-electron chi connectivity index (χ4n) is 7.03. The third-order valence-corrected chi connectivity index (χ3v) is 12.0. The Morgan fingerprint density at radius 2 is 2.02 bits per heavy atom. The Balaban J connectivity index is 1.67. The van der Waals surface area contributed by atoms with E-state index in [1.165, 1.54) is 0 Å². The number of ether oxygens (including phenoxy) is 2. The molecule has 3 unspecified atom stereocenters. The maximum atomic E-state index is 14.6. The van der Waals surface area contributed by atoms with Crippen molar-refractivity contribution in [3.05, 3.63) is 25.3 Å². The summed E-state index contributed by atoms with van der Waals surface area (Å²) in [6.07, 6.45) is 6.09. The van der Waals surface area contributed by atoms with Crippen molar-refractivity contribution in [3.8, 4) is 0 Å². The fraction of sp³-hybridized carbons (Fsp3) is 0.767. The zero-order chi connectivity index (χ0) is 29.7. The number of halogens is 1. The molecule has 230 valence electrons. The third-order valence-electron chi connectivity index (χ3n) is 8.83. The molecule has 1 spiro atoms. The Kier molecular flexibility index (Phi) is 11.4. The van der Waals surface area contributed by atoms with E-state index in [-0.39, 0.29) is 47.0 Å². The number of hydrogen-bond acceptors (Lipinski definition) is 8. The van der Waals surface area contributed by atoms with Gasteiger partial charge in [-0.1, -0.05) is 41.9 Å². The maximum absolute atomic E-state index is 14.6. The second-order valence-corrected chi connectivity index (χ2v) is 14.7. The van der Waals surface area contributed by atoms with E-state index in [9.17, 15) is 19.5 Å². The molecule has 4 aliphatic heterocycles. The van der Waals surface area contributed by atoms with Gasteiger partial charge in [-0.25, -0.2) is 0 Å². The molecule has 4 fully saturated rings. The number of esters is 1. The minimum Gasteiger partial charge on any atom is -0.465 e. The van der Waals surface area contributed by atoms with Gasteiger partial charge in [0.15, 0.2) is 0 Å². The highest BCUT2D eigenvalue weighted by Gasteiger charge is 2.76. The SMILES string of the molecule is C=CCCCOC(=O)[C@H]1[C@H]2C(=O)N([C@@H](CO)CC(C)C)C(C(=O)N(CC=C)CCN3CCOCC3)C23CC(Br)[C@@H]1S3. The quantitative estimate of drug-likeness (QED) is 0.124. The Morgan fingerprint density at radius 3 is 2.66 bits per heavy atom. The lowest BCUT2D eigenvalue weighted by Crippen LogP contribution is -2.58. The van der Waals surface area contributed by atoms with Crippen LogP contribution in [0.25, 0.3) is 0 Å². The van der Waals surface area contributed by atoms with Crippen LogP contribution in [0, 0.1) is 17.8 Å². The van der Waals surface area contributed by atoms with Crippen LogP contribution >= 0.6 is 27.7 Å². The Morgan fingerprint density at radius 1 is 1.29 bits per heavy atom. The molecule has 0 aromatic heterocycles. The fourth-order valence-corrected chi connectivity index (χ4v) is 10.6. The molecular formula is C30H46BrN3O6S. The number of alkyl halides is 1. The number of carbonyl (C=O) groups excluding carboxylic acids is 3. The average Bonchev–Trinajstić information content (AvgIpc) is 3.55. The normalized spacial score (nSPS) is 31.8. The molecule has 0 aromatic carbocycles. The zero-order valence-electron chi connectivity index (χ0n) is 24.4. The van der Waals surface area contributed by atoms with Gasteiger partial charge >= 0.3 is 5.97 Å². The molecule has 0 aliphatic carbocycles. The molecule has 41 heavy (non-hydrogen) atoms. The molecule has 4 saturated heterocycles. The van der Waals surface area contributed by atoms with Crippen molar-refractivity contribution in [3.63, 3.8) is 0 Å². The average molecular weight is 657 g/mol. The Bertz CT molecular complexity index is 978. The molecule has 2 bridgehead atoms. The third kappa shape index (κ3) is 6.59. The van der Waals surface area contributed by atoms with Crippen LogP contribution in [-0.2, 0) is 23.9 Å². The molecule has 11 heteroatoms. The second kappa shape index (κ2) is 14.4. The summed E-state index contributed by atoms with van der Waals surface area (Å²) in [6, 6.07) is -1.30. The number of morpholine rings is 1. The van der Waals surface area contributed by atoms with Crippen molar-refractivity contribution < 1.29 is 29.0 Å². The summed E-state index contributed by atoms with van der Waals surface area (Å²) >= 11 is 5.41. The van der Waals surface area contributed by atoms with Crippen molar-refractivity contribution >= 4 is 45.5 Å². The van der Waals surface area contributed by atoms with Gasteiger partial charge in [0.05, 0.1) is 49.1 Å². The molecule has 2 amide bonds. The molecular weight excluding hydrogens is 610 g/mol. The topological polar surface area (TPSA) is 99.6 Å². The Labute approximate surface area is 257 Å². The number of fused-ring (bicyclic) bond motifs is 1. The molecule has 0 aromatic rings. The van der Waals surface area contributed by atoms with Gasteiger partial charge in [0.1, 0.15) is 6.04 Å². The summed E-state index contributed by atoms with van der Waals surface area (Å²) in [5, 5.41) is 10.4. The molecule has 7 atom stereocenters. The van der Waals surface area contributed by atoms with Crippen molar-refractivity contribution in [2.24, 2.45) is 17.8 Å². The number of aliphatic hydroxyl groups is 1. The number of aliphatic hydroxyl groups excluding tert-OH is 1. The summed E-state index contributed by atoms with van der Waals surface area (Å²) in [7, 11) is 0. The summed E-state index contributed by atoms with van der Waals surface area (Å²) in [5.74, 6) is -1.82. The van der Waals surface area contributed by atoms with Gasteiger partial charge in [0.25, 0.3) is 0 Å². The predicted octanol–water partition coefficient (Wildman–Crippen LogP) is 2.71.